The number of nitrogens with two attached hydrogens (primary N) is 1. The fourth-order valence-electron chi connectivity index (χ4n) is 2.61. The third-order valence-electron chi connectivity index (χ3n) is 3.77. The molecule has 0 aliphatic heterocycles. The van der Waals surface area contributed by atoms with Crippen molar-refractivity contribution in [2.45, 2.75) is 18.9 Å². The molecule has 0 aliphatic rings. The molecule has 2 aromatic carbocycles. The maximum atomic E-state index is 11.3. The van der Waals surface area contributed by atoms with Gasteiger partial charge in [0.15, 0.2) is 0 Å². The Hall–Kier alpha value is -2.70. The second-order valence-corrected chi connectivity index (χ2v) is 5.31. The van der Waals surface area contributed by atoms with E-state index in [9.17, 15) is 4.79 Å². The number of rotatable bonds is 5. The number of carbonyl (C=O) groups is 1. The number of para-hydroxylation sites is 3. The number of fused-ring (bicyclic) bond motifs is 1. The van der Waals surface area contributed by atoms with Crippen LogP contribution in [0.2, 0.25) is 0 Å². The third kappa shape index (κ3) is 3.08. The first-order chi connectivity index (χ1) is 11.2. The van der Waals surface area contributed by atoms with Gasteiger partial charge in [0.05, 0.1) is 17.1 Å². The third-order valence-corrected chi connectivity index (χ3v) is 3.77. The van der Waals surface area contributed by atoms with Crippen LogP contribution in [0.1, 0.15) is 12.2 Å². The Morgan fingerprint density at radius 2 is 1.87 bits per heavy atom. The SMILES string of the molecule is N[C@@H](CCc1nc2ccccc2n1-c1ccccc1)C(=O)NO. The quantitative estimate of drug-likeness (QED) is 0.495. The zero-order valence-corrected chi connectivity index (χ0v) is 12.5. The lowest BCUT2D eigenvalue weighted by atomic mass is 10.1. The molecule has 1 aromatic heterocycles. The molecular weight excluding hydrogens is 292 g/mol. The first kappa shape index (κ1) is 15.2. The standard InChI is InChI=1S/C17H18N4O2/c18-13(17(22)20-23)10-11-16-19-14-8-4-5-9-15(14)21(16)12-6-2-1-3-7-12/h1-9,13,23H,10-11,18H2,(H,20,22)/t13-/m0/s1. The zero-order chi connectivity index (χ0) is 16.2. The number of carbonyl (C=O) groups excluding carboxylic acids is 1. The lowest BCUT2D eigenvalue weighted by Gasteiger charge is -2.11. The van der Waals surface area contributed by atoms with Crippen molar-refractivity contribution in [1.82, 2.24) is 15.0 Å². The Labute approximate surface area is 133 Å². The normalized spacial score (nSPS) is 12.3. The molecule has 0 bridgehead atoms. The highest BCUT2D eigenvalue weighted by Crippen LogP contribution is 2.22. The number of nitrogens with one attached hydrogen (secondary N) is 1. The number of hydroxylamine groups is 1. The van der Waals surface area contributed by atoms with Crippen molar-refractivity contribution in [2.75, 3.05) is 0 Å². The van der Waals surface area contributed by atoms with Gasteiger partial charge in [-0.25, -0.2) is 10.5 Å². The Morgan fingerprint density at radius 3 is 2.61 bits per heavy atom. The fraction of sp³-hybridized carbons (Fsp3) is 0.176. The number of hydrogen-bond acceptors (Lipinski definition) is 4. The highest BCUT2D eigenvalue weighted by atomic mass is 16.5. The van der Waals surface area contributed by atoms with Crippen LogP contribution in [0.25, 0.3) is 16.7 Å². The first-order valence-electron chi connectivity index (χ1n) is 7.42. The average Bonchev–Trinajstić information content (AvgIpc) is 2.98. The molecule has 0 radical (unpaired) electrons. The highest BCUT2D eigenvalue weighted by molar-refractivity contribution is 5.80. The van der Waals surface area contributed by atoms with E-state index in [0.29, 0.717) is 12.8 Å². The summed E-state index contributed by atoms with van der Waals surface area (Å²) in [6.07, 6.45) is 0.917. The van der Waals surface area contributed by atoms with Gasteiger partial charge in [0.2, 0.25) is 0 Å². The summed E-state index contributed by atoms with van der Waals surface area (Å²) in [5.41, 5.74) is 10.2. The lowest BCUT2D eigenvalue weighted by molar-refractivity contribution is -0.130. The number of amides is 1. The monoisotopic (exact) mass is 310 g/mol. The van der Waals surface area contributed by atoms with Crippen molar-refractivity contribution in [3.05, 3.63) is 60.4 Å². The Bertz CT molecular complexity index is 814. The number of aryl methyl sites for hydroxylation is 1. The topological polar surface area (TPSA) is 93.2 Å². The molecule has 0 fully saturated rings. The van der Waals surface area contributed by atoms with Gasteiger partial charge in [-0.15, -0.1) is 0 Å². The molecule has 6 heteroatoms. The molecule has 3 aromatic rings. The van der Waals surface area contributed by atoms with Crippen LogP contribution in [0.5, 0.6) is 0 Å². The summed E-state index contributed by atoms with van der Waals surface area (Å²) < 4.78 is 2.07. The minimum Gasteiger partial charge on any atom is -0.320 e. The van der Waals surface area contributed by atoms with Gasteiger partial charge in [0, 0.05) is 12.1 Å². The van der Waals surface area contributed by atoms with E-state index < -0.39 is 11.9 Å². The molecule has 0 saturated carbocycles. The minimum atomic E-state index is -0.774. The van der Waals surface area contributed by atoms with Crippen LogP contribution in [-0.4, -0.2) is 26.7 Å². The molecular formula is C17H18N4O2. The maximum absolute atomic E-state index is 11.3. The van der Waals surface area contributed by atoms with Crippen LogP contribution in [-0.2, 0) is 11.2 Å². The Balaban J connectivity index is 1.98. The molecule has 1 atom stereocenters. The van der Waals surface area contributed by atoms with Gasteiger partial charge in [-0.05, 0) is 30.7 Å². The molecule has 4 N–H and O–H groups in total. The van der Waals surface area contributed by atoms with E-state index >= 15 is 0 Å². The van der Waals surface area contributed by atoms with Crippen molar-refractivity contribution in [1.29, 1.82) is 0 Å². The van der Waals surface area contributed by atoms with E-state index in [1.807, 2.05) is 54.6 Å². The Kier molecular flexibility index (Phi) is 4.36. The molecule has 118 valence electrons. The summed E-state index contributed by atoms with van der Waals surface area (Å²) >= 11 is 0. The molecule has 3 rings (SSSR count). The molecule has 1 heterocycles. The van der Waals surface area contributed by atoms with Crippen molar-refractivity contribution >= 4 is 16.9 Å². The van der Waals surface area contributed by atoms with Gasteiger partial charge in [-0.3, -0.25) is 14.6 Å². The highest BCUT2D eigenvalue weighted by Gasteiger charge is 2.16. The molecule has 0 spiro atoms. The van der Waals surface area contributed by atoms with Gasteiger partial charge < -0.3 is 5.73 Å². The second-order valence-electron chi connectivity index (χ2n) is 5.31. The second kappa shape index (κ2) is 6.60. The van der Waals surface area contributed by atoms with Crippen LogP contribution < -0.4 is 11.2 Å². The van der Waals surface area contributed by atoms with E-state index in [1.165, 1.54) is 0 Å². The van der Waals surface area contributed by atoms with Gasteiger partial charge in [-0.1, -0.05) is 30.3 Å². The molecule has 1 amide bonds. The molecule has 0 aliphatic carbocycles. The largest absolute Gasteiger partial charge is 0.320 e. The summed E-state index contributed by atoms with van der Waals surface area (Å²) in [5.74, 6) is 0.242. The summed E-state index contributed by atoms with van der Waals surface area (Å²) in [4.78, 5) is 16.0. The van der Waals surface area contributed by atoms with E-state index in [2.05, 4.69) is 9.55 Å². The number of benzene rings is 2. The van der Waals surface area contributed by atoms with Gasteiger partial charge in [0.1, 0.15) is 5.82 Å². The van der Waals surface area contributed by atoms with Crippen LogP contribution >= 0.6 is 0 Å². The summed E-state index contributed by atoms with van der Waals surface area (Å²) in [6, 6.07) is 17.0. The number of hydrogen-bond donors (Lipinski definition) is 3. The van der Waals surface area contributed by atoms with Crippen molar-refractivity contribution in [2.24, 2.45) is 5.73 Å². The van der Waals surface area contributed by atoms with Gasteiger partial charge in [0.25, 0.3) is 5.91 Å². The van der Waals surface area contributed by atoms with E-state index in [4.69, 9.17) is 10.9 Å². The molecule has 0 unspecified atom stereocenters. The summed E-state index contributed by atoms with van der Waals surface area (Å²) in [5, 5.41) is 8.65. The fourth-order valence-corrected chi connectivity index (χ4v) is 2.61. The lowest BCUT2D eigenvalue weighted by Crippen LogP contribution is -2.39. The van der Waals surface area contributed by atoms with Crippen LogP contribution in [0.15, 0.2) is 54.6 Å². The molecule has 6 nitrogen and oxygen atoms in total. The van der Waals surface area contributed by atoms with E-state index in [0.717, 1.165) is 22.5 Å². The van der Waals surface area contributed by atoms with E-state index in [1.54, 1.807) is 5.48 Å². The molecule has 0 saturated heterocycles. The van der Waals surface area contributed by atoms with Crippen molar-refractivity contribution in [3.8, 4) is 5.69 Å². The number of imidazole rings is 1. The summed E-state index contributed by atoms with van der Waals surface area (Å²) in [7, 11) is 0. The average molecular weight is 310 g/mol. The minimum absolute atomic E-state index is 0.391. The summed E-state index contributed by atoms with van der Waals surface area (Å²) in [6.45, 7) is 0. The van der Waals surface area contributed by atoms with Crippen LogP contribution in [0.4, 0.5) is 0 Å². The van der Waals surface area contributed by atoms with E-state index in [-0.39, 0.29) is 0 Å². The maximum Gasteiger partial charge on any atom is 0.260 e. The van der Waals surface area contributed by atoms with Crippen molar-refractivity contribution < 1.29 is 10.0 Å². The van der Waals surface area contributed by atoms with Crippen LogP contribution in [0, 0.1) is 0 Å². The molecule has 23 heavy (non-hydrogen) atoms. The van der Waals surface area contributed by atoms with Crippen molar-refractivity contribution in [3.63, 3.8) is 0 Å². The zero-order valence-electron chi connectivity index (χ0n) is 12.5. The number of aromatic nitrogens is 2. The smallest absolute Gasteiger partial charge is 0.260 e. The predicted octanol–water partition coefficient (Wildman–Crippen LogP) is 1.79. The number of nitrogens with zero attached hydrogens (tertiary/aromatic N) is 2. The van der Waals surface area contributed by atoms with Gasteiger partial charge >= 0.3 is 0 Å². The predicted molar refractivity (Wildman–Crippen MR) is 87.3 cm³/mol. The van der Waals surface area contributed by atoms with Crippen LogP contribution in [0.3, 0.4) is 0 Å². The van der Waals surface area contributed by atoms with Gasteiger partial charge in [-0.2, -0.15) is 0 Å². The Morgan fingerprint density at radius 1 is 1.17 bits per heavy atom. The first-order valence-corrected chi connectivity index (χ1v) is 7.42.